The van der Waals surface area contributed by atoms with E-state index >= 15 is 0 Å². The summed E-state index contributed by atoms with van der Waals surface area (Å²) in [5, 5.41) is 13.6. The minimum atomic E-state index is -4.91. The van der Waals surface area contributed by atoms with Crippen LogP contribution in [0.3, 0.4) is 0 Å². The molecule has 3 rings (SSSR count). The summed E-state index contributed by atoms with van der Waals surface area (Å²) in [5.74, 6) is -4.96. The number of pyridine rings is 1. The molecule has 1 fully saturated rings. The molecule has 2 aromatic rings. The number of nitrogens with one attached hydrogen (secondary N) is 2. The number of aliphatic hydroxyl groups is 1. The molecule has 2 amide bonds. The average Bonchev–Trinajstić information content (AvgIpc) is 3.26. The molecule has 1 aliphatic rings. The number of aliphatic hydroxyl groups excluding tert-OH is 1. The number of carbonyl (C=O) groups excluding carboxylic acids is 2. The zero-order valence-electron chi connectivity index (χ0n) is 19.2. The molecule has 196 valence electrons. The van der Waals surface area contributed by atoms with E-state index in [0.29, 0.717) is 6.07 Å². The Labute approximate surface area is 202 Å². The Morgan fingerprint density at radius 1 is 1.25 bits per heavy atom. The van der Waals surface area contributed by atoms with Crippen LogP contribution in [0.4, 0.5) is 33.3 Å². The van der Waals surface area contributed by atoms with Crippen LogP contribution in [0.25, 0.3) is 0 Å². The van der Waals surface area contributed by atoms with E-state index in [1.165, 1.54) is 18.3 Å². The van der Waals surface area contributed by atoms with Crippen molar-refractivity contribution in [2.45, 2.75) is 24.2 Å². The molecule has 3 N–H and O–H groups in total. The summed E-state index contributed by atoms with van der Waals surface area (Å²) >= 11 is 0. The smallest absolute Gasteiger partial charge is 0.419 e. The second-order valence-electron chi connectivity index (χ2n) is 7.86. The van der Waals surface area contributed by atoms with Gasteiger partial charge in [0.05, 0.1) is 25.9 Å². The van der Waals surface area contributed by atoms with Gasteiger partial charge in [0.15, 0.2) is 17.2 Å². The van der Waals surface area contributed by atoms with Crippen LogP contribution < -0.4 is 20.3 Å². The number of carbonyl (C=O) groups is 2. The van der Waals surface area contributed by atoms with Crippen molar-refractivity contribution < 1.29 is 46.1 Å². The molecule has 2 heterocycles. The van der Waals surface area contributed by atoms with E-state index in [0.717, 1.165) is 25.2 Å². The van der Waals surface area contributed by atoms with E-state index in [-0.39, 0.29) is 30.2 Å². The summed E-state index contributed by atoms with van der Waals surface area (Å²) in [6.07, 6.45) is -4.57. The van der Waals surface area contributed by atoms with Gasteiger partial charge in [-0.2, -0.15) is 17.6 Å². The number of alkyl halides is 3. The van der Waals surface area contributed by atoms with Gasteiger partial charge in [0.2, 0.25) is 11.7 Å². The summed E-state index contributed by atoms with van der Waals surface area (Å²) in [7, 11) is 1.86. The Bertz CT molecular complexity index is 1130. The van der Waals surface area contributed by atoms with Crippen LogP contribution in [-0.2, 0) is 9.53 Å². The molecule has 1 saturated heterocycles. The number of benzene rings is 1. The van der Waals surface area contributed by atoms with Crippen molar-refractivity contribution in [3.63, 3.8) is 0 Å². The maximum Gasteiger partial charge on any atom is 0.419 e. The van der Waals surface area contributed by atoms with Crippen LogP contribution in [0.15, 0.2) is 30.5 Å². The number of hydrogen-bond donors (Lipinski definition) is 3. The normalized spacial score (nSPS) is 19.8. The van der Waals surface area contributed by atoms with E-state index in [9.17, 15) is 31.5 Å². The summed E-state index contributed by atoms with van der Waals surface area (Å²) in [6.45, 7) is -1.26. The molecule has 0 saturated carbocycles. The minimum Gasteiger partial charge on any atom is -0.491 e. The van der Waals surface area contributed by atoms with Gasteiger partial charge in [-0.3, -0.25) is 14.6 Å². The van der Waals surface area contributed by atoms with Gasteiger partial charge < -0.3 is 30.1 Å². The zero-order chi connectivity index (χ0) is 26.7. The van der Waals surface area contributed by atoms with E-state index in [2.05, 4.69) is 15.6 Å². The molecule has 2 unspecified atom stereocenters. The fourth-order valence-electron chi connectivity index (χ4n) is 3.89. The second-order valence-corrected chi connectivity index (χ2v) is 7.86. The van der Waals surface area contributed by atoms with Crippen molar-refractivity contribution in [3.05, 3.63) is 47.8 Å². The molecule has 0 aliphatic carbocycles. The number of aromatic nitrogens is 1. The first kappa shape index (κ1) is 27.1. The fraction of sp³-hybridized carbons (Fsp3) is 0.409. The van der Waals surface area contributed by atoms with Crippen LogP contribution >= 0.6 is 0 Å². The standard InChI is InChI=1S/C22H23F5N4O5/c1-35-18-15(4-3-13(23)17(18)24)31-11-21(36-2,22(25,26)27)10-16(31)20(34)30-12-5-6-28-14(9-12)19(33)29-7-8-32/h3-6,9,16,32H,7-8,10-11H2,1-2H3,(H,29,33)(H,28,30,34). The van der Waals surface area contributed by atoms with Gasteiger partial charge in [0.1, 0.15) is 11.7 Å². The highest BCUT2D eigenvalue weighted by atomic mass is 19.4. The van der Waals surface area contributed by atoms with Gasteiger partial charge in [-0.05, 0) is 24.3 Å². The Morgan fingerprint density at radius 2 is 1.97 bits per heavy atom. The van der Waals surface area contributed by atoms with E-state index < -0.39 is 60.0 Å². The monoisotopic (exact) mass is 518 g/mol. The van der Waals surface area contributed by atoms with E-state index in [1.807, 2.05) is 0 Å². The second kappa shape index (κ2) is 10.6. The van der Waals surface area contributed by atoms with E-state index in [4.69, 9.17) is 14.6 Å². The van der Waals surface area contributed by atoms with Crippen molar-refractivity contribution in [1.29, 1.82) is 0 Å². The zero-order valence-corrected chi connectivity index (χ0v) is 19.2. The first-order chi connectivity index (χ1) is 17.0. The van der Waals surface area contributed by atoms with Crippen molar-refractivity contribution in [2.75, 3.05) is 44.1 Å². The Balaban J connectivity index is 1.98. The summed E-state index contributed by atoms with van der Waals surface area (Å²) in [5.41, 5.74) is -3.14. The number of rotatable bonds is 8. The quantitative estimate of drug-likeness (QED) is 0.460. The molecule has 2 atom stereocenters. The van der Waals surface area contributed by atoms with Gasteiger partial charge in [-0.15, -0.1) is 0 Å². The molecule has 0 bridgehead atoms. The molecular weight excluding hydrogens is 495 g/mol. The Morgan fingerprint density at radius 3 is 2.58 bits per heavy atom. The average molecular weight is 518 g/mol. The van der Waals surface area contributed by atoms with Crippen LogP contribution in [-0.4, -0.2) is 73.6 Å². The Kier molecular flexibility index (Phi) is 7.99. The molecular formula is C22H23F5N4O5. The molecule has 9 nitrogen and oxygen atoms in total. The van der Waals surface area contributed by atoms with Crippen molar-refractivity contribution in [1.82, 2.24) is 10.3 Å². The van der Waals surface area contributed by atoms with Crippen molar-refractivity contribution in [3.8, 4) is 5.75 Å². The number of amides is 2. The molecule has 36 heavy (non-hydrogen) atoms. The first-order valence-corrected chi connectivity index (χ1v) is 10.5. The lowest BCUT2D eigenvalue weighted by molar-refractivity contribution is -0.261. The van der Waals surface area contributed by atoms with Crippen LogP contribution in [0.2, 0.25) is 0 Å². The number of nitrogens with zero attached hydrogens (tertiary/aromatic N) is 2. The number of ether oxygens (including phenoxy) is 2. The van der Waals surface area contributed by atoms with Gasteiger partial charge in [0, 0.05) is 32.0 Å². The third kappa shape index (κ3) is 5.18. The summed E-state index contributed by atoms with van der Waals surface area (Å²) in [6, 6.07) is 2.67. The van der Waals surface area contributed by atoms with Gasteiger partial charge in [0.25, 0.3) is 5.91 Å². The lowest BCUT2D eigenvalue weighted by Gasteiger charge is -2.31. The lowest BCUT2D eigenvalue weighted by Crippen LogP contribution is -2.49. The van der Waals surface area contributed by atoms with E-state index in [1.54, 1.807) is 0 Å². The Hall–Kier alpha value is -3.52. The third-order valence-corrected chi connectivity index (χ3v) is 5.74. The van der Waals surface area contributed by atoms with Gasteiger partial charge in [-0.1, -0.05) is 0 Å². The minimum absolute atomic E-state index is 0.0409. The van der Waals surface area contributed by atoms with Crippen molar-refractivity contribution in [2.24, 2.45) is 0 Å². The topological polar surface area (TPSA) is 113 Å². The fourth-order valence-corrected chi connectivity index (χ4v) is 3.89. The molecule has 0 radical (unpaired) electrons. The lowest BCUT2D eigenvalue weighted by atomic mass is 9.99. The summed E-state index contributed by atoms with van der Waals surface area (Å²) < 4.78 is 79.9. The predicted octanol–water partition coefficient (Wildman–Crippen LogP) is 2.26. The molecule has 1 aliphatic heterocycles. The van der Waals surface area contributed by atoms with Crippen molar-refractivity contribution >= 4 is 23.2 Å². The van der Waals surface area contributed by atoms with Crippen LogP contribution in [0.5, 0.6) is 5.75 Å². The highest BCUT2D eigenvalue weighted by Gasteiger charge is 2.63. The highest BCUT2D eigenvalue weighted by Crippen LogP contribution is 2.47. The largest absolute Gasteiger partial charge is 0.491 e. The van der Waals surface area contributed by atoms with Gasteiger partial charge >= 0.3 is 6.18 Å². The third-order valence-electron chi connectivity index (χ3n) is 5.74. The summed E-state index contributed by atoms with van der Waals surface area (Å²) in [4.78, 5) is 30.1. The highest BCUT2D eigenvalue weighted by molar-refractivity contribution is 5.99. The number of hydrogen-bond acceptors (Lipinski definition) is 7. The maximum absolute atomic E-state index is 14.4. The first-order valence-electron chi connectivity index (χ1n) is 10.5. The number of halogens is 5. The number of methoxy groups -OCH3 is 2. The SMILES string of the molecule is COc1c(N2CC(OC)(C(F)(F)F)CC2C(=O)Nc2ccnc(C(=O)NCCO)c2)ccc(F)c1F. The molecule has 1 aromatic heterocycles. The van der Waals surface area contributed by atoms with Crippen LogP contribution in [0.1, 0.15) is 16.9 Å². The molecule has 0 spiro atoms. The maximum atomic E-state index is 14.4. The van der Waals surface area contributed by atoms with Gasteiger partial charge in [-0.25, -0.2) is 4.39 Å². The molecule has 1 aromatic carbocycles. The predicted molar refractivity (Wildman–Crippen MR) is 117 cm³/mol. The number of anilines is 2. The molecule has 14 heteroatoms. The van der Waals surface area contributed by atoms with Crippen LogP contribution in [0, 0.1) is 11.6 Å².